The maximum absolute atomic E-state index is 5.44. The molecule has 0 radical (unpaired) electrons. The van der Waals surface area contributed by atoms with Crippen LogP contribution in [-0.2, 0) is 0 Å². The van der Waals surface area contributed by atoms with Gasteiger partial charge in [-0.25, -0.2) is 4.72 Å². The topological polar surface area (TPSA) is 38.0 Å². The minimum atomic E-state index is 0.0463. The fourth-order valence-corrected chi connectivity index (χ4v) is 1.35. The van der Waals surface area contributed by atoms with Crippen LogP contribution in [0.3, 0.4) is 0 Å². The Balaban J connectivity index is 2.54. The maximum atomic E-state index is 5.44. The first-order valence-electron chi connectivity index (χ1n) is 2.57. The van der Waals surface area contributed by atoms with Crippen molar-refractivity contribution in [3.63, 3.8) is 0 Å². The van der Waals surface area contributed by atoms with Crippen molar-refractivity contribution in [2.24, 2.45) is 5.73 Å². The van der Waals surface area contributed by atoms with E-state index in [1.807, 2.05) is 5.41 Å². The van der Waals surface area contributed by atoms with E-state index in [0.29, 0.717) is 6.54 Å². The Bertz CT molecular complexity index is 113. The average molecular weight is 130 g/mol. The van der Waals surface area contributed by atoms with E-state index in [1.165, 1.54) is 0 Å². The Morgan fingerprint density at radius 1 is 1.88 bits per heavy atom. The van der Waals surface area contributed by atoms with Crippen molar-refractivity contribution in [3.05, 3.63) is 11.5 Å². The SMILES string of the molecule is CC1(CN)C=CSN1. The lowest BCUT2D eigenvalue weighted by molar-refractivity contribution is 0.564. The van der Waals surface area contributed by atoms with E-state index in [9.17, 15) is 0 Å². The van der Waals surface area contributed by atoms with Crippen molar-refractivity contribution in [3.8, 4) is 0 Å². The smallest absolute Gasteiger partial charge is 0.0567 e. The molecule has 0 aromatic rings. The molecule has 0 aromatic heterocycles. The van der Waals surface area contributed by atoms with E-state index in [-0.39, 0.29) is 5.54 Å². The number of nitrogens with one attached hydrogen (secondary N) is 1. The van der Waals surface area contributed by atoms with Gasteiger partial charge in [-0.1, -0.05) is 18.0 Å². The van der Waals surface area contributed by atoms with Gasteiger partial charge >= 0.3 is 0 Å². The van der Waals surface area contributed by atoms with Gasteiger partial charge in [0, 0.05) is 6.54 Å². The van der Waals surface area contributed by atoms with Gasteiger partial charge in [-0.3, -0.25) is 0 Å². The van der Waals surface area contributed by atoms with E-state index < -0.39 is 0 Å². The van der Waals surface area contributed by atoms with Crippen LogP contribution >= 0.6 is 11.9 Å². The van der Waals surface area contributed by atoms with Gasteiger partial charge in [0.25, 0.3) is 0 Å². The molecule has 0 amide bonds. The van der Waals surface area contributed by atoms with Gasteiger partial charge in [0.2, 0.25) is 0 Å². The van der Waals surface area contributed by atoms with Gasteiger partial charge in [0.05, 0.1) is 5.54 Å². The van der Waals surface area contributed by atoms with Crippen LogP contribution in [-0.4, -0.2) is 12.1 Å². The summed E-state index contributed by atoms with van der Waals surface area (Å²) in [5, 5.41) is 2.02. The molecule has 0 spiro atoms. The minimum absolute atomic E-state index is 0.0463. The molecule has 0 saturated carbocycles. The number of hydrogen-bond acceptors (Lipinski definition) is 3. The molecule has 46 valence electrons. The van der Waals surface area contributed by atoms with Gasteiger partial charge in [0.15, 0.2) is 0 Å². The van der Waals surface area contributed by atoms with Crippen LogP contribution < -0.4 is 10.5 Å². The second kappa shape index (κ2) is 2.09. The highest BCUT2D eigenvalue weighted by Gasteiger charge is 2.20. The predicted octanol–water partition coefficient (Wildman–Crippen LogP) is 0.469. The van der Waals surface area contributed by atoms with E-state index >= 15 is 0 Å². The molecule has 1 aliphatic heterocycles. The van der Waals surface area contributed by atoms with Crippen molar-refractivity contribution in [1.82, 2.24) is 4.72 Å². The van der Waals surface area contributed by atoms with Crippen molar-refractivity contribution < 1.29 is 0 Å². The molecule has 3 heteroatoms. The fraction of sp³-hybridized carbons (Fsp3) is 0.600. The van der Waals surface area contributed by atoms with Crippen LogP contribution in [0.25, 0.3) is 0 Å². The largest absolute Gasteiger partial charge is 0.328 e. The van der Waals surface area contributed by atoms with Crippen LogP contribution in [0.15, 0.2) is 11.5 Å². The molecule has 1 aliphatic rings. The molecular formula is C5H10N2S. The molecular weight excluding hydrogens is 120 g/mol. The molecule has 0 aliphatic carbocycles. The van der Waals surface area contributed by atoms with Gasteiger partial charge in [-0.2, -0.15) is 0 Å². The van der Waals surface area contributed by atoms with E-state index in [4.69, 9.17) is 5.73 Å². The molecule has 1 heterocycles. The third-order valence-corrected chi connectivity index (χ3v) is 2.08. The Hall–Kier alpha value is 0.01000. The van der Waals surface area contributed by atoms with Gasteiger partial charge in [0.1, 0.15) is 0 Å². The average Bonchev–Trinajstić information content (AvgIpc) is 2.17. The summed E-state index contributed by atoms with van der Waals surface area (Å²) in [6, 6.07) is 0. The molecule has 1 unspecified atom stereocenters. The summed E-state index contributed by atoms with van der Waals surface area (Å²) in [6.07, 6.45) is 2.08. The zero-order valence-electron chi connectivity index (χ0n) is 4.85. The number of rotatable bonds is 1. The normalized spacial score (nSPS) is 36.2. The van der Waals surface area contributed by atoms with Gasteiger partial charge < -0.3 is 5.73 Å². The summed E-state index contributed by atoms with van der Waals surface area (Å²) in [5.41, 5.74) is 5.49. The first-order chi connectivity index (χ1) is 3.77. The van der Waals surface area contributed by atoms with Gasteiger partial charge in [-0.15, -0.1) is 0 Å². The molecule has 1 atom stereocenters. The minimum Gasteiger partial charge on any atom is -0.328 e. The van der Waals surface area contributed by atoms with Crippen molar-refractivity contribution >= 4 is 11.9 Å². The van der Waals surface area contributed by atoms with Crippen LogP contribution in [0.4, 0.5) is 0 Å². The van der Waals surface area contributed by atoms with Crippen LogP contribution in [0.2, 0.25) is 0 Å². The Kier molecular flexibility index (Phi) is 1.60. The van der Waals surface area contributed by atoms with Crippen molar-refractivity contribution in [1.29, 1.82) is 0 Å². The first kappa shape index (κ1) is 6.13. The molecule has 2 nitrogen and oxygen atoms in total. The molecule has 3 N–H and O–H groups in total. The molecule has 0 bridgehead atoms. The second-order valence-corrected chi connectivity index (χ2v) is 2.86. The highest BCUT2D eigenvalue weighted by atomic mass is 32.2. The Morgan fingerprint density at radius 2 is 2.62 bits per heavy atom. The monoisotopic (exact) mass is 130 g/mol. The molecule has 8 heavy (non-hydrogen) atoms. The highest BCUT2D eigenvalue weighted by molar-refractivity contribution is 8.00. The van der Waals surface area contributed by atoms with Crippen LogP contribution in [0, 0.1) is 0 Å². The number of hydrogen-bond donors (Lipinski definition) is 2. The summed E-state index contributed by atoms with van der Waals surface area (Å²) in [6.45, 7) is 2.74. The van der Waals surface area contributed by atoms with Crippen LogP contribution in [0.1, 0.15) is 6.92 Å². The lowest BCUT2D eigenvalue weighted by atomic mass is 10.1. The van der Waals surface area contributed by atoms with Crippen molar-refractivity contribution in [2.75, 3.05) is 6.54 Å². The summed E-state index contributed by atoms with van der Waals surface area (Å²) in [4.78, 5) is 0. The summed E-state index contributed by atoms with van der Waals surface area (Å²) in [5.74, 6) is 0. The summed E-state index contributed by atoms with van der Waals surface area (Å²) < 4.78 is 3.16. The molecule has 1 rings (SSSR count). The third-order valence-electron chi connectivity index (χ3n) is 1.22. The lowest BCUT2D eigenvalue weighted by Gasteiger charge is -2.17. The zero-order chi connectivity index (χ0) is 6.04. The molecule has 0 saturated heterocycles. The first-order valence-corrected chi connectivity index (χ1v) is 3.45. The Morgan fingerprint density at radius 3 is 2.88 bits per heavy atom. The molecule has 0 aromatic carbocycles. The number of nitrogens with two attached hydrogens (primary N) is 1. The molecule has 0 fully saturated rings. The predicted molar refractivity (Wildman–Crippen MR) is 37.3 cm³/mol. The quantitative estimate of drug-likeness (QED) is 0.507. The van der Waals surface area contributed by atoms with Crippen molar-refractivity contribution in [2.45, 2.75) is 12.5 Å². The lowest BCUT2D eigenvalue weighted by Crippen LogP contribution is -2.40. The van der Waals surface area contributed by atoms with Crippen LogP contribution in [0.5, 0.6) is 0 Å². The fourth-order valence-electron chi connectivity index (χ4n) is 0.497. The third kappa shape index (κ3) is 1.05. The van der Waals surface area contributed by atoms with E-state index in [1.54, 1.807) is 11.9 Å². The second-order valence-electron chi connectivity index (χ2n) is 2.14. The summed E-state index contributed by atoms with van der Waals surface area (Å²) in [7, 11) is 0. The Labute approximate surface area is 53.7 Å². The standard InChI is InChI=1S/C5H10N2S/c1-5(4-6)2-3-8-7-5/h2-3,7H,4,6H2,1H3. The maximum Gasteiger partial charge on any atom is 0.0567 e. The van der Waals surface area contributed by atoms with E-state index in [2.05, 4.69) is 17.7 Å². The van der Waals surface area contributed by atoms with E-state index in [0.717, 1.165) is 0 Å². The highest BCUT2D eigenvalue weighted by Crippen LogP contribution is 2.18. The summed E-state index contributed by atoms with van der Waals surface area (Å²) >= 11 is 1.60. The van der Waals surface area contributed by atoms with Gasteiger partial charge in [-0.05, 0) is 12.3 Å². The zero-order valence-corrected chi connectivity index (χ0v) is 5.66.